The van der Waals surface area contributed by atoms with Crippen molar-refractivity contribution in [1.82, 2.24) is 20.0 Å². The van der Waals surface area contributed by atoms with E-state index < -0.39 is 0 Å². The second kappa shape index (κ2) is 7.97. The molecule has 1 fully saturated rings. The van der Waals surface area contributed by atoms with Crippen LogP contribution < -0.4 is 10.6 Å². The zero-order valence-corrected chi connectivity index (χ0v) is 14.1. The van der Waals surface area contributed by atoms with Gasteiger partial charge in [0.05, 0.1) is 17.9 Å². The number of carbonyl (C=O) groups is 1. The number of rotatable bonds is 6. The van der Waals surface area contributed by atoms with Gasteiger partial charge in [-0.15, -0.1) is 0 Å². The normalized spacial score (nSPS) is 16.0. The molecule has 1 aliphatic rings. The molecule has 2 heterocycles. The van der Waals surface area contributed by atoms with Crippen LogP contribution in [0.3, 0.4) is 0 Å². The predicted molar refractivity (Wildman–Crippen MR) is 94.9 cm³/mol. The van der Waals surface area contributed by atoms with E-state index in [0.717, 1.165) is 31.7 Å². The van der Waals surface area contributed by atoms with Crippen LogP contribution >= 0.6 is 0 Å². The summed E-state index contributed by atoms with van der Waals surface area (Å²) >= 11 is 0. The van der Waals surface area contributed by atoms with Crippen molar-refractivity contribution in [2.24, 2.45) is 0 Å². The standard InChI is InChI=1S/C18H25N5O/c1-2-23-13-16(12-19-23)20-18(24)21-17(14-22-10-6-7-11-22)15-8-4-3-5-9-15/h3-5,8-9,12-13,17H,2,6-7,10-11,14H2,1H3,(H2,20,21,24)/t17-/m0/s1. The third kappa shape index (κ3) is 4.35. The molecule has 1 atom stereocenters. The van der Waals surface area contributed by atoms with Crippen molar-refractivity contribution in [1.29, 1.82) is 0 Å². The summed E-state index contributed by atoms with van der Waals surface area (Å²) in [6, 6.07) is 9.93. The number of aromatic nitrogens is 2. The van der Waals surface area contributed by atoms with Gasteiger partial charge in [0.2, 0.25) is 0 Å². The van der Waals surface area contributed by atoms with Crippen LogP contribution in [0, 0.1) is 0 Å². The third-order valence-electron chi connectivity index (χ3n) is 4.36. The number of hydrogen-bond acceptors (Lipinski definition) is 3. The van der Waals surface area contributed by atoms with E-state index in [0.29, 0.717) is 5.69 Å². The number of carbonyl (C=O) groups excluding carboxylic acids is 1. The second-order valence-electron chi connectivity index (χ2n) is 6.15. The van der Waals surface area contributed by atoms with E-state index in [9.17, 15) is 4.79 Å². The molecule has 24 heavy (non-hydrogen) atoms. The number of likely N-dealkylation sites (tertiary alicyclic amines) is 1. The summed E-state index contributed by atoms with van der Waals surface area (Å²) in [6.45, 7) is 5.85. The number of hydrogen-bond donors (Lipinski definition) is 2. The van der Waals surface area contributed by atoms with Crippen LogP contribution in [-0.4, -0.2) is 40.3 Å². The Balaban J connectivity index is 1.64. The van der Waals surface area contributed by atoms with E-state index in [1.54, 1.807) is 10.9 Å². The fourth-order valence-corrected chi connectivity index (χ4v) is 3.07. The topological polar surface area (TPSA) is 62.2 Å². The van der Waals surface area contributed by atoms with Gasteiger partial charge in [-0.2, -0.15) is 5.10 Å². The zero-order valence-electron chi connectivity index (χ0n) is 14.1. The molecule has 0 radical (unpaired) electrons. The van der Waals surface area contributed by atoms with Crippen LogP contribution in [0.15, 0.2) is 42.7 Å². The van der Waals surface area contributed by atoms with E-state index in [1.807, 2.05) is 31.3 Å². The van der Waals surface area contributed by atoms with E-state index in [1.165, 1.54) is 12.8 Å². The lowest BCUT2D eigenvalue weighted by Gasteiger charge is -2.25. The first kappa shape index (κ1) is 16.5. The lowest BCUT2D eigenvalue weighted by Crippen LogP contribution is -2.39. The number of urea groups is 1. The highest BCUT2D eigenvalue weighted by atomic mass is 16.2. The third-order valence-corrected chi connectivity index (χ3v) is 4.36. The Morgan fingerprint density at radius 2 is 2.00 bits per heavy atom. The van der Waals surface area contributed by atoms with Gasteiger partial charge in [0.1, 0.15) is 0 Å². The van der Waals surface area contributed by atoms with Crippen molar-refractivity contribution in [3.05, 3.63) is 48.3 Å². The monoisotopic (exact) mass is 327 g/mol. The lowest BCUT2D eigenvalue weighted by atomic mass is 10.1. The first-order chi connectivity index (χ1) is 11.7. The maximum absolute atomic E-state index is 12.4. The van der Waals surface area contributed by atoms with Crippen LogP contribution in [0.5, 0.6) is 0 Å². The van der Waals surface area contributed by atoms with Crippen molar-refractivity contribution < 1.29 is 4.79 Å². The quantitative estimate of drug-likeness (QED) is 0.857. The number of nitrogens with zero attached hydrogens (tertiary/aromatic N) is 3. The number of aryl methyl sites for hydroxylation is 1. The molecule has 0 spiro atoms. The van der Waals surface area contributed by atoms with E-state index in [4.69, 9.17) is 0 Å². The van der Waals surface area contributed by atoms with Crippen LogP contribution in [0.25, 0.3) is 0 Å². The maximum atomic E-state index is 12.4. The highest BCUT2D eigenvalue weighted by molar-refractivity contribution is 5.89. The van der Waals surface area contributed by atoms with Gasteiger partial charge in [-0.3, -0.25) is 4.68 Å². The average Bonchev–Trinajstić information content (AvgIpc) is 3.26. The molecule has 1 aromatic carbocycles. The molecule has 1 saturated heterocycles. The molecule has 0 aliphatic carbocycles. The largest absolute Gasteiger partial charge is 0.330 e. The maximum Gasteiger partial charge on any atom is 0.319 e. The molecule has 1 aromatic heterocycles. The van der Waals surface area contributed by atoms with E-state index >= 15 is 0 Å². The van der Waals surface area contributed by atoms with Crippen molar-refractivity contribution in [2.45, 2.75) is 32.4 Å². The molecule has 0 saturated carbocycles. The fourth-order valence-electron chi connectivity index (χ4n) is 3.07. The molecule has 3 rings (SSSR count). The van der Waals surface area contributed by atoms with Gasteiger partial charge in [-0.25, -0.2) is 4.79 Å². The summed E-state index contributed by atoms with van der Waals surface area (Å²) in [5, 5.41) is 10.2. The minimum Gasteiger partial charge on any atom is -0.330 e. The molecule has 6 heteroatoms. The number of anilines is 1. The van der Waals surface area contributed by atoms with E-state index in [2.05, 4.69) is 32.8 Å². The summed E-state index contributed by atoms with van der Waals surface area (Å²) in [4.78, 5) is 14.8. The predicted octanol–water partition coefficient (Wildman–Crippen LogP) is 2.86. The van der Waals surface area contributed by atoms with Crippen molar-refractivity contribution in [3.8, 4) is 0 Å². The Labute approximate surface area is 142 Å². The SMILES string of the molecule is CCn1cc(NC(=O)N[C@@H](CN2CCCC2)c2ccccc2)cn1. The van der Waals surface area contributed by atoms with E-state index in [-0.39, 0.29) is 12.1 Å². The van der Waals surface area contributed by atoms with Crippen molar-refractivity contribution in [3.63, 3.8) is 0 Å². The molecule has 6 nitrogen and oxygen atoms in total. The number of amides is 2. The lowest BCUT2D eigenvalue weighted by molar-refractivity contribution is 0.240. The number of benzene rings is 1. The van der Waals surface area contributed by atoms with Gasteiger partial charge in [-0.05, 0) is 38.4 Å². The molecular formula is C18H25N5O. The molecule has 2 N–H and O–H groups in total. The van der Waals surface area contributed by atoms with Gasteiger partial charge in [0, 0.05) is 19.3 Å². The van der Waals surface area contributed by atoms with Gasteiger partial charge in [-0.1, -0.05) is 30.3 Å². The molecule has 2 amide bonds. The summed E-state index contributed by atoms with van der Waals surface area (Å²) < 4.78 is 1.79. The molecular weight excluding hydrogens is 302 g/mol. The minimum absolute atomic E-state index is 0.0227. The Bertz CT molecular complexity index is 648. The van der Waals surface area contributed by atoms with Crippen LogP contribution in [0.4, 0.5) is 10.5 Å². The molecule has 2 aromatic rings. The Kier molecular flexibility index (Phi) is 5.48. The Morgan fingerprint density at radius 1 is 1.25 bits per heavy atom. The van der Waals surface area contributed by atoms with Gasteiger partial charge >= 0.3 is 6.03 Å². The average molecular weight is 327 g/mol. The first-order valence-corrected chi connectivity index (χ1v) is 8.62. The van der Waals surface area contributed by atoms with Crippen LogP contribution in [-0.2, 0) is 6.54 Å². The first-order valence-electron chi connectivity index (χ1n) is 8.62. The molecule has 0 bridgehead atoms. The van der Waals surface area contributed by atoms with Gasteiger partial charge in [0.15, 0.2) is 0 Å². The highest BCUT2D eigenvalue weighted by Gasteiger charge is 2.20. The van der Waals surface area contributed by atoms with Crippen LogP contribution in [0.2, 0.25) is 0 Å². The summed E-state index contributed by atoms with van der Waals surface area (Å²) in [5.41, 5.74) is 1.84. The van der Waals surface area contributed by atoms with Gasteiger partial charge < -0.3 is 15.5 Å². The number of nitrogens with one attached hydrogen (secondary N) is 2. The van der Waals surface area contributed by atoms with Crippen molar-refractivity contribution in [2.75, 3.05) is 25.0 Å². The Hall–Kier alpha value is -2.34. The summed E-state index contributed by atoms with van der Waals surface area (Å²) in [5.74, 6) is 0. The molecule has 1 aliphatic heterocycles. The van der Waals surface area contributed by atoms with Crippen molar-refractivity contribution >= 4 is 11.7 Å². The fraction of sp³-hybridized carbons (Fsp3) is 0.444. The highest BCUT2D eigenvalue weighted by Crippen LogP contribution is 2.18. The molecule has 128 valence electrons. The summed E-state index contributed by atoms with van der Waals surface area (Å²) in [7, 11) is 0. The second-order valence-corrected chi connectivity index (χ2v) is 6.15. The van der Waals surface area contributed by atoms with Gasteiger partial charge in [0.25, 0.3) is 0 Å². The smallest absolute Gasteiger partial charge is 0.319 e. The zero-order chi connectivity index (χ0) is 16.8. The minimum atomic E-state index is -0.196. The molecule has 0 unspecified atom stereocenters. The summed E-state index contributed by atoms with van der Waals surface area (Å²) in [6.07, 6.45) is 5.98. The van der Waals surface area contributed by atoms with Crippen LogP contribution in [0.1, 0.15) is 31.4 Å². The Morgan fingerprint density at radius 3 is 2.67 bits per heavy atom.